The number of rotatable bonds is 7. The molecule has 1 aliphatic heterocycles. The van der Waals surface area contributed by atoms with Gasteiger partial charge in [0.05, 0.1) is 11.2 Å². The number of carbonyl (C=O) groups excluding carboxylic acids is 2. The van der Waals surface area contributed by atoms with Gasteiger partial charge in [0.15, 0.2) is 0 Å². The molecule has 1 aromatic heterocycles. The Morgan fingerprint density at radius 3 is 2.27 bits per heavy atom. The van der Waals surface area contributed by atoms with Gasteiger partial charge >= 0.3 is 11.7 Å². The molecule has 2 bridgehead atoms. The van der Waals surface area contributed by atoms with E-state index in [4.69, 9.17) is 11.5 Å². The second-order valence-corrected chi connectivity index (χ2v) is 12.3. The maximum absolute atomic E-state index is 12.8. The Labute approximate surface area is 235 Å². The zero-order chi connectivity index (χ0) is 28.6. The van der Waals surface area contributed by atoms with E-state index in [0.717, 1.165) is 24.7 Å². The van der Waals surface area contributed by atoms with Gasteiger partial charge in [0.1, 0.15) is 5.82 Å². The molecule has 6 rings (SSSR count). The molecule has 2 heterocycles. The molecule has 1 saturated heterocycles. The van der Waals surface area contributed by atoms with Crippen molar-refractivity contribution in [2.24, 2.45) is 23.3 Å². The largest absolute Gasteiger partial charge is 0.354 e. The van der Waals surface area contributed by atoms with Gasteiger partial charge in [0.25, 0.3) is 0 Å². The first kappa shape index (κ1) is 28.3. The third-order valence-corrected chi connectivity index (χ3v) is 8.61. The average molecular weight is 551 g/mol. The third kappa shape index (κ3) is 6.21. The number of amides is 3. The molecule has 1 unspecified atom stereocenters. The minimum Gasteiger partial charge on any atom is -0.338 e. The lowest BCUT2D eigenvalue weighted by atomic mass is 9.60. The number of hydrogen-bond acceptors (Lipinski definition) is 7. The molecule has 6 N–H and O–H groups in total. The van der Waals surface area contributed by atoms with E-state index in [1.165, 1.54) is 23.0 Å². The molecule has 3 atom stereocenters. The number of aromatic nitrogens is 2. The van der Waals surface area contributed by atoms with Crippen LogP contribution >= 0.6 is 0 Å². The number of anilines is 1. The highest BCUT2D eigenvalue weighted by molar-refractivity contribution is 5.89. The van der Waals surface area contributed by atoms with Gasteiger partial charge in [0.2, 0.25) is 5.91 Å². The Hall–Kier alpha value is -3.28. The summed E-state index contributed by atoms with van der Waals surface area (Å²) in [6, 6.07) is 10.3. The first-order chi connectivity index (χ1) is 19.0. The maximum Gasteiger partial charge on any atom is 0.354 e. The van der Waals surface area contributed by atoms with E-state index >= 15 is 0 Å². The molecule has 11 nitrogen and oxygen atoms in total. The molecule has 4 aliphatic rings. The number of nitrogens with zero attached hydrogens (tertiary/aromatic N) is 4. The molecule has 3 aliphatic carbocycles. The normalized spacial score (nSPS) is 25.2. The van der Waals surface area contributed by atoms with Crippen molar-refractivity contribution >= 4 is 17.8 Å². The zero-order valence-electron chi connectivity index (χ0n) is 23.7. The predicted molar refractivity (Wildman–Crippen MR) is 154 cm³/mol. The van der Waals surface area contributed by atoms with E-state index in [1.807, 2.05) is 24.3 Å². The van der Waals surface area contributed by atoms with Crippen LogP contribution in [-0.4, -0.2) is 81.1 Å². The fraction of sp³-hybridized carbons (Fsp3) is 0.586. The van der Waals surface area contributed by atoms with Crippen LogP contribution in [0.2, 0.25) is 0 Å². The molecule has 1 aromatic carbocycles. The van der Waals surface area contributed by atoms with Crippen LogP contribution in [-0.2, 0) is 11.2 Å². The Balaban J connectivity index is 1.13. The van der Waals surface area contributed by atoms with E-state index < -0.39 is 11.2 Å². The molecular weight excluding hydrogens is 508 g/mol. The summed E-state index contributed by atoms with van der Waals surface area (Å²) in [7, 11) is 0. The summed E-state index contributed by atoms with van der Waals surface area (Å²) >= 11 is 0. The van der Waals surface area contributed by atoms with Crippen LogP contribution in [0.4, 0.5) is 10.6 Å². The highest BCUT2D eigenvalue weighted by Crippen LogP contribution is 2.45. The van der Waals surface area contributed by atoms with E-state index in [0.29, 0.717) is 50.0 Å². The summed E-state index contributed by atoms with van der Waals surface area (Å²) in [5.41, 5.74) is 12.7. The summed E-state index contributed by atoms with van der Waals surface area (Å²) < 4.78 is 1.45. The summed E-state index contributed by atoms with van der Waals surface area (Å²) in [5.74, 6) is 1.55. The summed E-state index contributed by atoms with van der Waals surface area (Å²) in [5, 5.41) is 6.49. The van der Waals surface area contributed by atoms with Crippen molar-refractivity contribution in [3.8, 4) is 5.69 Å². The van der Waals surface area contributed by atoms with Gasteiger partial charge in [-0.3, -0.25) is 14.7 Å². The van der Waals surface area contributed by atoms with Crippen LogP contribution in [0, 0.1) is 11.8 Å². The number of benzene rings is 1. The Morgan fingerprint density at radius 1 is 1.02 bits per heavy atom. The SMILES string of the molecule is CC(Cc1ccc(-n2ccc(NC(=O)N3CCN(C(=O)C(C)(C)N)CC3)nc2=O)cc1)N[C@@H]1C[C@H](N)C2CC1C2. The highest BCUT2D eigenvalue weighted by Gasteiger charge is 2.44. The van der Waals surface area contributed by atoms with Gasteiger partial charge in [-0.1, -0.05) is 12.1 Å². The maximum atomic E-state index is 12.8. The van der Waals surface area contributed by atoms with Crippen molar-refractivity contribution in [1.29, 1.82) is 0 Å². The van der Waals surface area contributed by atoms with Crippen LogP contribution in [0.5, 0.6) is 0 Å². The lowest BCUT2D eigenvalue weighted by Crippen LogP contribution is -2.58. The molecule has 40 heavy (non-hydrogen) atoms. The molecule has 3 amide bonds. The van der Waals surface area contributed by atoms with Crippen molar-refractivity contribution in [2.75, 3.05) is 31.5 Å². The molecule has 0 radical (unpaired) electrons. The van der Waals surface area contributed by atoms with Crippen molar-refractivity contribution in [2.45, 2.75) is 70.1 Å². The smallest absolute Gasteiger partial charge is 0.338 e. The van der Waals surface area contributed by atoms with Crippen LogP contribution in [0.15, 0.2) is 41.3 Å². The second kappa shape index (κ2) is 11.3. The molecule has 0 spiro atoms. The summed E-state index contributed by atoms with van der Waals surface area (Å²) in [6.45, 7) is 7.12. The summed E-state index contributed by atoms with van der Waals surface area (Å²) in [6.07, 6.45) is 6.10. The van der Waals surface area contributed by atoms with Gasteiger partial charge in [-0.15, -0.1) is 0 Å². The van der Waals surface area contributed by atoms with Gasteiger partial charge < -0.3 is 26.6 Å². The van der Waals surface area contributed by atoms with Crippen molar-refractivity contribution in [1.82, 2.24) is 24.7 Å². The van der Waals surface area contributed by atoms with E-state index in [1.54, 1.807) is 35.9 Å². The number of nitrogens with two attached hydrogens (primary N) is 2. The minimum absolute atomic E-state index is 0.141. The Morgan fingerprint density at radius 2 is 1.68 bits per heavy atom. The van der Waals surface area contributed by atoms with E-state index in [-0.39, 0.29) is 17.8 Å². The van der Waals surface area contributed by atoms with Crippen molar-refractivity contribution in [3.05, 3.63) is 52.6 Å². The number of carbonyl (C=O) groups is 2. The fourth-order valence-corrected chi connectivity index (χ4v) is 6.22. The number of urea groups is 1. The zero-order valence-corrected chi connectivity index (χ0v) is 23.7. The van der Waals surface area contributed by atoms with E-state index in [2.05, 4.69) is 22.5 Å². The summed E-state index contributed by atoms with van der Waals surface area (Å²) in [4.78, 5) is 45.2. The number of hydrogen-bond donors (Lipinski definition) is 4. The number of nitrogens with one attached hydrogen (secondary N) is 2. The number of fused-ring (bicyclic) bond motifs is 2. The van der Waals surface area contributed by atoms with Crippen molar-refractivity contribution < 1.29 is 9.59 Å². The topological polar surface area (TPSA) is 152 Å². The first-order valence-electron chi connectivity index (χ1n) is 14.3. The lowest BCUT2D eigenvalue weighted by molar-refractivity contribution is -0.137. The number of piperazine rings is 1. The monoisotopic (exact) mass is 550 g/mol. The second-order valence-electron chi connectivity index (χ2n) is 12.3. The standard InChI is InChI=1S/C29H42N8O3/c1-18(32-24-17-23(30)20-15-21(24)16-20)14-19-4-6-22(7-5-19)37-9-8-25(34-28(37)40)33-27(39)36-12-10-35(11-13-36)26(38)29(2,3)31/h4-9,18,20-21,23-24,32H,10-17,30-31H2,1-3H3,(H,33,34,39,40)/t18?,20?,21?,23-,24+/m0/s1. The first-order valence-corrected chi connectivity index (χ1v) is 14.3. The van der Waals surface area contributed by atoms with Crippen molar-refractivity contribution in [3.63, 3.8) is 0 Å². The Bertz CT molecular complexity index is 1270. The van der Waals surface area contributed by atoms with Gasteiger partial charge in [-0.25, -0.2) is 9.59 Å². The molecule has 4 fully saturated rings. The van der Waals surface area contributed by atoms with Gasteiger partial charge in [-0.05, 0) is 82.1 Å². The average Bonchev–Trinajstić information content (AvgIpc) is 2.87. The predicted octanol–water partition coefficient (Wildman–Crippen LogP) is 1.29. The van der Waals surface area contributed by atoms with E-state index in [9.17, 15) is 14.4 Å². The molecule has 3 saturated carbocycles. The molecule has 2 aromatic rings. The third-order valence-electron chi connectivity index (χ3n) is 8.61. The molecular formula is C29H42N8O3. The van der Waals surface area contributed by atoms with Crippen LogP contribution in [0.3, 0.4) is 0 Å². The van der Waals surface area contributed by atoms with Gasteiger partial charge in [0, 0.05) is 50.5 Å². The minimum atomic E-state index is -0.946. The quantitative estimate of drug-likeness (QED) is 0.405. The lowest BCUT2D eigenvalue weighted by Gasteiger charge is -2.51. The highest BCUT2D eigenvalue weighted by atomic mass is 16.2. The van der Waals surface area contributed by atoms with Crippen LogP contribution in [0.25, 0.3) is 5.69 Å². The molecule has 216 valence electrons. The van der Waals surface area contributed by atoms with Crippen LogP contribution < -0.4 is 27.8 Å². The van der Waals surface area contributed by atoms with Gasteiger partial charge in [-0.2, -0.15) is 4.98 Å². The Kier molecular flexibility index (Phi) is 7.98. The fourth-order valence-electron chi connectivity index (χ4n) is 6.22. The van der Waals surface area contributed by atoms with Crippen LogP contribution in [0.1, 0.15) is 45.6 Å². The molecule has 11 heteroatoms.